The zero-order valence-electron chi connectivity index (χ0n) is 18.7. The summed E-state index contributed by atoms with van der Waals surface area (Å²) in [5, 5.41) is 3.13. The van der Waals surface area contributed by atoms with E-state index in [9.17, 15) is 18.0 Å². The van der Waals surface area contributed by atoms with Crippen LogP contribution in [-0.2, 0) is 19.3 Å². The summed E-state index contributed by atoms with van der Waals surface area (Å²) in [4.78, 5) is 15.0. The topological polar surface area (TPSA) is 41.6 Å². The molecule has 1 aliphatic heterocycles. The lowest BCUT2D eigenvalue weighted by Gasteiger charge is -2.32. The number of nitrogens with one attached hydrogen (secondary N) is 1. The number of hydrogen-bond donors (Lipinski definition) is 1. The van der Waals surface area contributed by atoms with Gasteiger partial charge in [0, 0.05) is 31.2 Å². The van der Waals surface area contributed by atoms with Crippen LogP contribution in [-0.4, -0.2) is 29.9 Å². The van der Waals surface area contributed by atoms with Crippen LogP contribution in [0.3, 0.4) is 0 Å². The van der Waals surface area contributed by atoms with E-state index in [1.165, 1.54) is 17.7 Å². The molecule has 34 heavy (non-hydrogen) atoms. The number of piperidine rings is 1. The van der Waals surface area contributed by atoms with Gasteiger partial charge in [-0.15, -0.1) is 0 Å². The van der Waals surface area contributed by atoms with Crippen molar-refractivity contribution in [2.24, 2.45) is 0 Å². The van der Waals surface area contributed by atoms with Crippen molar-refractivity contribution < 1.29 is 22.7 Å². The Kier molecular flexibility index (Phi) is 7.53. The minimum atomic E-state index is -4.37. The summed E-state index contributed by atoms with van der Waals surface area (Å²) in [5.41, 5.74) is 1.99. The van der Waals surface area contributed by atoms with Gasteiger partial charge in [0.05, 0.1) is 5.56 Å². The molecule has 1 fully saturated rings. The quantitative estimate of drug-likeness (QED) is 0.485. The van der Waals surface area contributed by atoms with Gasteiger partial charge >= 0.3 is 6.18 Å². The number of benzene rings is 3. The van der Waals surface area contributed by atoms with Crippen LogP contribution in [0, 0.1) is 0 Å². The Balaban J connectivity index is 1.22. The van der Waals surface area contributed by atoms with Gasteiger partial charge in [-0.1, -0.05) is 42.5 Å². The second-order valence-corrected chi connectivity index (χ2v) is 8.52. The molecule has 0 atom stereocenters. The van der Waals surface area contributed by atoms with Crippen molar-refractivity contribution in [2.45, 2.75) is 38.2 Å². The first-order chi connectivity index (χ1) is 16.4. The van der Waals surface area contributed by atoms with E-state index in [0.717, 1.165) is 50.2 Å². The lowest BCUT2D eigenvalue weighted by atomic mass is 10.0. The summed E-state index contributed by atoms with van der Waals surface area (Å²) in [6.45, 7) is 3.02. The van der Waals surface area contributed by atoms with E-state index in [0.29, 0.717) is 11.3 Å². The number of alkyl halides is 3. The summed E-state index contributed by atoms with van der Waals surface area (Å²) < 4.78 is 43.5. The molecule has 0 radical (unpaired) electrons. The van der Waals surface area contributed by atoms with Gasteiger partial charge in [-0.05, 0) is 60.4 Å². The van der Waals surface area contributed by atoms with Crippen LogP contribution in [0.15, 0.2) is 78.9 Å². The highest BCUT2D eigenvalue weighted by Gasteiger charge is 2.30. The number of halogens is 3. The number of amides is 1. The van der Waals surface area contributed by atoms with Crippen molar-refractivity contribution in [1.82, 2.24) is 10.2 Å². The molecule has 3 aromatic carbocycles. The predicted octanol–water partition coefficient (Wildman–Crippen LogP) is 5.68. The first kappa shape index (κ1) is 23.8. The minimum Gasteiger partial charge on any atom is -0.489 e. The fourth-order valence-corrected chi connectivity index (χ4v) is 4.00. The normalized spacial score (nSPS) is 15.1. The molecular formula is C27H27F3N2O2. The first-order valence-corrected chi connectivity index (χ1v) is 11.3. The number of ether oxygens (including phenoxy) is 1. The molecule has 0 spiro atoms. The number of carbonyl (C=O) groups is 1. The molecule has 7 heteroatoms. The van der Waals surface area contributed by atoms with E-state index < -0.39 is 11.7 Å². The average molecular weight is 469 g/mol. The maximum atomic E-state index is 12.6. The molecule has 0 aromatic heterocycles. The summed E-state index contributed by atoms with van der Waals surface area (Å²) in [5.74, 6) is 0.255. The fraction of sp³-hybridized carbons (Fsp3) is 0.296. The van der Waals surface area contributed by atoms with Gasteiger partial charge < -0.3 is 10.1 Å². The van der Waals surface area contributed by atoms with Gasteiger partial charge in [0.25, 0.3) is 5.91 Å². The van der Waals surface area contributed by atoms with Gasteiger partial charge in [0.2, 0.25) is 0 Å². The predicted molar refractivity (Wildman–Crippen MR) is 124 cm³/mol. The maximum absolute atomic E-state index is 12.6. The van der Waals surface area contributed by atoms with Crippen LogP contribution in [0.1, 0.15) is 39.9 Å². The first-order valence-electron chi connectivity index (χ1n) is 11.3. The number of likely N-dealkylation sites (tertiary alicyclic amines) is 1. The molecule has 178 valence electrons. The van der Waals surface area contributed by atoms with E-state index in [1.54, 1.807) is 24.3 Å². The maximum Gasteiger partial charge on any atom is 0.416 e. The van der Waals surface area contributed by atoms with E-state index in [-0.39, 0.29) is 18.6 Å². The number of nitrogens with zero attached hydrogens (tertiary/aromatic N) is 1. The zero-order valence-corrected chi connectivity index (χ0v) is 18.7. The van der Waals surface area contributed by atoms with Crippen molar-refractivity contribution >= 4 is 5.91 Å². The Morgan fingerprint density at radius 2 is 1.53 bits per heavy atom. The molecule has 0 saturated carbocycles. The molecule has 4 rings (SSSR count). The van der Waals surface area contributed by atoms with Crippen LogP contribution >= 0.6 is 0 Å². The standard InChI is InChI=1S/C27H27F3N2O2/c28-27(29,30)23-10-12-25(13-11-23)34-19-21-6-8-22(9-7-21)26(33)31-24-14-16-32(17-15-24)18-20-4-2-1-3-5-20/h1-13,24H,14-19H2,(H,31,33). The van der Waals surface area contributed by atoms with Gasteiger partial charge in [0.1, 0.15) is 12.4 Å². The van der Waals surface area contributed by atoms with Crippen LogP contribution < -0.4 is 10.1 Å². The second-order valence-electron chi connectivity index (χ2n) is 8.52. The number of rotatable bonds is 7. The zero-order chi connectivity index (χ0) is 24.0. The lowest BCUT2D eigenvalue weighted by Crippen LogP contribution is -2.44. The summed E-state index contributed by atoms with van der Waals surface area (Å²) in [6.07, 6.45) is -2.54. The van der Waals surface area contributed by atoms with Crippen molar-refractivity contribution in [3.8, 4) is 5.75 Å². The summed E-state index contributed by atoms with van der Waals surface area (Å²) >= 11 is 0. The highest BCUT2D eigenvalue weighted by Crippen LogP contribution is 2.30. The molecule has 3 aromatic rings. The number of carbonyl (C=O) groups excluding carboxylic acids is 1. The second kappa shape index (κ2) is 10.7. The molecule has 1 aliphatic rings. The Bertz CT molecular complexity index is 1060. The van der Waals surface area contributed by atoms with E-state index in [1.807, 2.05) is 6.07 Å². The van der Waals surface area contributed by atoms with Gasteiger partial charge in [-0.25, -0.2) is 0 Å². The van der Waals surface area contributed by atoms with Gasteiger partial charge in [-0.2, -0.15) is 13.2 Å². The lowest BCUT2D eigenvalue weighted by molar-refractivity contribution is -0.137. The minimum absolute atomic E-state index is 0.100. The largest absolute Gasteiger partial charge is 0.489 e. The molecular weight excluding hydrogens is 441 g/mol. The molecule has 0 aliphatic carbocycles. The van der Waals surface area contributed by atoms with Gasteiger partial charge in [-0.3, -0.25) is 9.69 Å². The average Bonchev–Trinajstić information content (AvgIpc) is 2.84. The molecule has 1 saturated heterocycles. The Labute approximate surface area is 197 Å². The van der Waals surface area contributed by atoms with Crippen molar-refractivity contribution in [3.05, 3.63) is 101 Å². The summed E-state index contributed by atoms with van der Waals surface area (Å²) in [6, 6.07) is 22.2. The molecule has 1 heterocycles. The van der Waals surface area contributed by atoms with Crippen LogP contribution in [0.2, 0.25) is 0 Å². The summed E-state index contributed by atoms with van der Waals surface area (Å²) in [7, 11) is 0. The number of hydrogen-bond acceptors (Lipinski definition) is 3. The highest BCUT2D eigenvalue weighted by molar-refractivity contribution is 5.94. The third kappa shape index (κ3) is 6.60. The monoisotopic (exact) mass is 468 g/mol. The molecule has 1 amide bonds. The van der Waals surface area contributed by atoms with E-state index >= 15 is 0 Å². The van der Waals surface area contributed by atoms with Crippen molar-refractivity contribution in [3.63, 3.8) is 0 Å². The van der Waals surface area contributed by atoms with Crippen LogP contribution in [0.25, 0.3) is 0 Å². The Morgan fingerprint density at radius 3 is 2.15 bits per heavy atom. The third-order valence-corrected chi connectivity index (χ3v) is 5.98. The van der Waals surface area contributed by atoms with E-state index in [2.05, 4.69) is 34.5 Å². The SMILES string of the molecule is O=C(NC1CCN(Cc2ccccc2)CC1)c1ccc(COc2ccc(C(F)(F)F)cc2)cc1. The molecule has 0 bridgehead atoms. The van der Waals surface area contributed by atoms with Gasteiger partial charge in [0.15, 0.2) is 0 Å². The molecule has 1 N–H and O–H groups in total. The molecule has 4 nitrogen and oxygen atoms in total. The Morgan fingerprint density at radius 1 is 0.882 bits per heavy atom. The van der Waals surface area contributed by atoms with Crippen LogP contribution in [0.4, 0.5) is 13.2 Å². The smallest absolute Gasteiger partial charge is 0.416 e. The third-order valence-electron chi connectivity index (χ3n) is 5.98. The van der Waals surface area contributed by atoms with Crippen molar-refractivity contribution in [1.29, 1.82) is 0 Å². The van der Waals surface area contributed by atoms with E-state index in [4.69, 9.17) is 4.74 Å². The van der Waals surface area contributed by atoms with Crippen molar-refractivity contribution in [2.75, 3.05) is 13.1 Å². The highest BCUT2D eigenvalue weighted by atomic mass is 19.4. The Hall–Kier alpha value is -3.32. The van der Waals surface area contributed by atoms with Crippen LogP contribution in [0.5, 0.6) is 5.75 Å². The molecule has 0 unspecified atom stereocenters. The fourth-order valence-electron chi connectivity index (χ4n) is 4.00.